The van der Waals surface area contributed by atoms with E-state index in [1.807, 2.05) is 0 Å². The van der Waals surface area contributed by atoms with Gasteiger partial charge in [0.05, 0.1) is 0 Å². The van der Waals surface area contributed by atoms with Crippen LogP contribution in [-0.2, 0) is 57.4 Å². The van der Waals surface area contributed by atoms with Crippen molar-refractivity contribution in [3.63, 3.8) is 0 Å². The van der Waals surface area contributed by atoms with Crippen LogP contribution in [-0.4, -0.2) is 26.4 Å². The maximum Gasteiger partial charge on any atom is 4.00 e. The minimum Gasteiger partial charge on any atom is -0.566 e. The first-order valence-electron chi connectivity index (χ1n) is 17.9. The molecule has 290 valence electrons. The van der Waals surface area contributed by atoms with Crippen LogP contribution >= 0.6 is 33.0 Å². The summed E-state index contributed by atoms with van der Waals surface area (Å²) >= 11 is 0. The molecule has 0 aliphatic rings. The van der Waals surface area contributed by atoms with Gasteiger partial charge in [-0.05, 0) is 67.6 Å². The van der Waals surface area contributed by atoms with Gasteiger partial charge in [0.2, 0.25) is 0 Å². The molecular formula is C32H68MoO12P4+4. The maximum absolute atomic E-state index is 10.1. The molecule has 0 aliphatic heterocycles. The average Bonchev–Trinajstić information content (AvgIpc) is 3.05. The van der Waals surface area contributed by atoms with Gasteiger partial charge in [-0.1, -0.05) is 132 Å². The molecule has 8 unspecified atom stereocenters. The van der Waals surface area contributed by atoms with Crippen LogP contribution in [0.4, 0.5) is 0 Å². The fourth-order valence-electron chi connectivity index (χ4n) is 4.26. The Morgan fingerprint density at radius 3 is 0.653 bits per heavy atom. The predicted octanol–water partition coefficient (Wildman–Crippen LogP) is 8.95. The van der Waals surface area contributed by atoms with Crippen molar-refractivity contribution in [1.82, 2.24) is 0 Å². The molecule has 0 N–H and O–H groups in total. The first-order chi connectivity index (χ1) is 22.8. The van der Waals surface area contributed by atoms with E-state index in [1.165, 1.54) is 0 Å². The molecule has 49 heavy (non-hydrogen) atoms. The Balaban J connectivity index is -0.000000174. The Bertz CT molecular complexity index is 637. The topological polar surface area (TPSA) is 197 Å². The SMILES string of the molecule is CCCCC(CC)CO[P+](=O)[O-].CCCCC(CC)CO[P+](=O)[O-].CCCCC(CC)CO[P+](=O)[O-].CCCCC(CC)CO[P+](=O)[O-].[Mo+4]. The molecule has 0 saturated heterocycles. The summed E-state index contributed by atoms with van der Waals surface area (Å²) in [5.74, 6) is 1.60. The van der Waals surface area contributed by atoms with Crippen molar-refractivity contribution in [2.45, 2.75) is 158 Å². The zero-order valence-electron chi connectivity index (χ0n) is 31.5. The molecule has 0 heterocycles. The molecule has 0 aliphatic carbocycles. The van der Waals surface area contributed by atoms with Gasteiger partial charge in [-0.15, -0.1) is 18.1 Å². The van der Waals surface area contributed by atoms with Gasteiger partial charge in [0.25, 0.3) is 0 Å². The van der Waals surface area contributed by atoms with Crippen LogP contribution in [0.2, 0.25) is 0 Å². The van der Waals surface area contributed by atoms with Gasteiger partial charge in [-0.2, -0.15) is 0 Å². The number of rotatable bonds is 28. The van der Waals surface area contributed by atoms with Crippen molar-refractivity contribution in [3.8, 4) is 0 Å². The van der Waals surface area contributed by atoms with E-state index in [9.17, 15) is 37.8 Å². The van der Waals surface area contributed by atoms with Crippen LogP contribution in [0.3, 0.4) is 0 Å². The molecule has 0 aromatic heterocycles. The van der Waals surface area contributed by atoms with Crippen molar-refractivity contribution in [2.75, 3.05) is 26.4 Å². The molecule has 0 saturated carbocycles. The summed E-state index contributed by atoms with van der Waals surface area (Å²) in [5, 5.41) is 0. The molecule has 12 nitrogen and oxygen atoms in total. The van der Waals surface area contributed by atoms with Crippen molar-refractivity contribution in [3.05, 3.63) is 0 Å². The molecule has 0 spiro atoms. The summed E-state index contributed by atoms with van der Waals surface area (Å²) < 4.78 is 58.6. The predicted molar refractivity (Wildman–Crippen MR) is 187 cm³/mol. The maximum atomic E-state index is 10.1. The van der Waals surface area contributed by atoms with Crippen molar-refractivity contribution < 1.29 is 77.0 Å². The third kappa shape index (κ3) is 53.2. The molecule has 0 rings (SSSR count). The van der Waals surface area contributed by atoms with Gasteiger partial charge in [0.1, 0.15) is 26.4 Å². The molecular weight excluding hydrogens is 796 g/mol. The third-order valence-corrected chi connectivity index (χ3v) is 9.28. The second kappa shape index (κ2) is 46.8. The van der Waals surface area contributed by atoms with Crippen LogP contribution in [0.15, 0.2) is 0 Å². The minimum absolute atomic E-state index is 0. The standard InChI is InChI=1S/4C8H17O3P.Mo/c4*1-3-5-6-8(4-2)7-11-12(9)10;/h4*8H,3-7H2,1-2H3;/q;;;;+4. The normalized spacial score (nSPS) is 14.1. The van der Waals surface area contributed by atoms with E-state index in [-0.39, 0.29) is 21.1 Å². The van der Waals surface area contributed by atoms with E-state index in [2.05, 4.69) is 73.5 Å². The van der Waals surface area contributed by atoms with E-state index in [1.54, 1.807) is 0 Å². The second-order valence-electron chi connectivity index (χ2n) is 11.7. The molecule has 8 atom stereocenters. The van der Waals surface area contributed by atoms with Gasteiger partial charge >= 0.3 is 54.1 Å². The van der Waals surface area contributed by atoms with Crippen LogP contribution in [0.25, 0.3) is 0 Å². The van der Waals surface area contributed by atoms with Crippen molar-refractivity contribution >= 4 is 33.0 Å². The molecule has 0 aromatic carbocycles. The Morgan fingerprint density at radius 1 is 0.388 bits per heavy atom. The molecule has 0 fully saturated rings. The fraction of sp³-hybridized carbons (Fsp3) is 1.00. The van der Waals surface area contributed by atoms with Crippen LogP contribution in [0, 0.1) is 23.7 Å². The van der Waals surface area contributed by atoms with Gasteiger partial charge < -0.3 is 19.6 Å². The average molecular weight is 865 g/mol. The van der Waals surface area contributed by atoms with Crippen molar-refractivity contribution in [1.29, 1.82) is 0 Å². The number of unbranched alkanes of at least 4 members (excludes halogenated alkanes) is 4. The number of hydrogen-bond acceptors (Lipinski definition) is 12. The molecule has 0 amide bonds. The summed E-state index contributed by atoms with van der Waals surface area (Å²) in [6, 6.07) is 0. The first-order valence-corrected chi connectivity index (χ1v) is 22.3. The third-order valence-electron chi connectivity index (χ3n) is 7.84. The number of hydrogen-bond donors (Lipinski definition) is 0. The van der Waals surface area contributed by atoms with Crippen LogP contribution < -0.4 is 19.6 Å². The van der Waals surface area contributed by atoms with Gasteiger partial charge in [-0.25, -0.2) is 0 Å². The summed E-state index contributed by atoms with van der Waals surface area (Å²) in [5.41, 5.74) is 0. The summed E-state index contributed by atoms with van der Waals surface area (Å²) in [6.07, 6.45) is 17.4. The van der Waals surface area contributed by atoms with Crippen molar-refractivity contribution in [2.24, 2.45) is 23.7 Å². The Kier molecular flexibility index (Phi) is 56.4. The molecule has 0 aromatic rings. The van der Waals surface area contributed by atoms with E-state index >= 15 is 0 Å². The van der Waals surface area contributed by atoms with Gasteiger partial charge in [-0.3, -0.25) is 0 Å². The van der Waals surface area contributed by atoms with E-state index < -0.39 is 33.0 Å². The molecule has 0 radical (unpaired) electrons. The minimum atomic E-state index is -2.65. The summed E-state index contributed by atoms with van der Waals surface area (Å²) in [7, 11) is -10.6. The Labute approximate surface area is 317 Å². The van der Waals surface area contributed by atoms with E-state index in [0.717, 1.165) is 103 Å². The Morgan fingerprint density at radius 2 is 0.551 bits per heavy atom. The molecule has 0 bridgehead atoms. The van der Waals surface area contributed by atoms with Crippen LogP contribution in [0.1, 0.15) is 158 Å². The van der Waals surface area contributed by atoms with Gasteiger partial charge in [0, 0.05) is 0 Å². The first kappa shape index (κ1) is 59.1. The van der Waals surface area contributed by atoms with Gasteiger partial charge in [0.15, 0.2) is 0 Å². The summed E-state index contributed by atoms with van der Waals surface area (Å²) in [4.78, 5) is 40.4. The second-order valence-corrected chi connectivity index (χ2v) is 14.6. The quantitative estimate of drug-likeness (QED) is 0.0535. The summed E-state index contributed by atoms with van der Waals surface area (Å²) in [6.45, 7) is 18.2. The fourth-order valence-corrected chi connectivity index (χ4v) is 5.59. The zero-order valence-corrected chi connectivity index (χ0v) is 37.1. The monoisotopic (exact) mass is 866 g/mol. The van der Waals surface area contributed by atoms with Crippen LogP contribution in [0.5, 0.6) is 0 Å². The van der Waals surface area contributed by atoms with E-state index in [0.29, 0.717) is 50.1 Å². The largest absolute Gasteiger partial charge is 4.00 e. The Hall–Kier alpha value is 0.768. The smallest absolute Gasteiger partial charge is 0.566 e. The zero-order chi connectivity index (χ0) is 37.6. The van der Waals surface area contributed by atoms with E-state index in [4.69, 9.17) is 0 Å². The molecule has 17 heteroatoms.